The monoisotopic (exact) mass is 412 g/mol. The highest BCUT2D eigenvalue weighted by molar-refractivity contribution is 5.94. The lowest BCUT2D eigenvalue weighted by molar-refractivity contribution is -0.192. The van der Waals surface area contributed by atoms with Crippen molar-refractivity contribution in [3.05, 3.63) is 47.7 Å². The molecule has 11 heteroatoms. The van der Waals surface area contributed by atoms with Crippen molar-refractivity contribution in [1.82, 2.24) is 19.9 Å². The summed E-state index contributed by atoms with van der Waals surface area (Å²) in [5.74, 6) is -2.08. The van der Waals surface area contributed by atoms with Gasteiger partial charge in [0.15, 0.2) is 0 Å². The number of aliphatic carboxylic acids is 1. The third-order valence-electron chi connectivity index (χ3n) is 3.98. The van der Waals surface area contributed by atoms with Crippen molar-refractivity contribution in [3.63, 3.8) is 0 Å². The molecule has 0 saturated carbocycles. The molecular formula is C18H19F3N4O4. The number of amides is 1. The molecule has 0 bridgehead atoms. The van der Waals surface area contributed by atoms with E-state index in [4.69, 9.17) is 14.6 Å². The van der Waals surface area contributed by atoms with E-state index in [0.29, 0.717) is 37.6 Å². The number of halogens is 3. The first-order valence-corrected chi connectivity index (χ1v) is 8.69. The number of nitrogens with zero attached hydrogens (tertiary/aromatic N) is 4. The van der Waals surface area contributed by atoms with Crippen molar-refractivity contribution in [2.45, 2.75) is 25.9 Å². The van der Waals surface area contributed by atoms with E-state index < -0.39 is 12.1 Å². The fourth-order valence-corrected chi connectivity index (χ4v) is 2.64. The van der Waals surface area contributed by atoms with Crippen LogP contribution in [-0.4, -0.2) is 62.7 Å². The number of carboxylic acids is 1. The molecule has 1 aliphatic heterocycles. The fourth-order valence-electron chi connectivity index (χ4n) is 2.64. The van der Waals surface area contributed by atoms with Gasteiger partial charge in [-0.1, -0.05) is 0 Å². The number of hydrogen-bond donors (Lipinski definition) is 1. The van der Waals surface area contributed by atoms with E-state index in [1.807, 2.05) is 11.8 Å². The number of ether oxygens (including phenoxy) is 1. The van der Waals surface area contributed by atoms with E-state index in [-0.39, 0.29) is 5.91 Å². The molecule has 3 heterocycles. The minimum absolute atomic E-state index is 0.0288. The van der Waals surface area contributed by atoms with Crippen molar-refractivity contribution in [2.24, 2.45) is 0 Å². The third-order valence-corrected chi connectivity index (χ3v) is 3.98. The van der Waals surface area contributed by atoms with Gasteiger partial charge in [-0.3, -0.25) is 9.78 Å². The summed E-state index contributed by atoms with van der Waals surface area (Å²) in [6.07, 6.45) is 1.15. The van der Waals surface area contributed by atoms with E-state index >= 15 is 0 Å². The second-order valence-corrected chi connectivity index (χ2v) is 5.87. The van der Waals surface area contributed by atoms with Crippen LogP contribution in [0.25, 0.3) is 0 Å². The summed E-state index contributed by atoms with van der Waals surface area (Å²) in [6, 6.07) is 3.48. The maximum atomic E-state index is 12.5. The smallest absolute Gasteiger partial charge is 0.478 e. The standard InChI is InChI=1S/C16H18N4O2.C2HF3O2/c1-2-22-15-13-5-9-20(10-6-14(13)18-11-19-15)16(21)12-3-7-17-8-4-12;3-2(4,5)1(6)7/h3-4,7-8,11H,2,5-6,9-10H2,1H3;(H,6,7). The van der Waals surface area contributed by atoms with Gasteiger partial charge in [0, 0.05) is 43.0 Å². The summed E-state index contributed by atoms with van der Waals surface area (Å²) in [5, 5.41) is 7.12. The number of hydrogen-bond acceptors (Lipinski definition) is 6. The Kier molecular flexibility index (Phi) is 7.46. The number of aromatic nitrogens is 3. The average Bonchev–Trinajstić information content (AvgIpc) is 2.91. The highest BCUT2D eigenvalue weighted by Crippen LogP contribution is 2.22. The Morgan fingerprint density at radius 1 is 1.17 bits per heavy atom. The quantitative estimate of drug-likeness (QED) is 0.823. The Balaban J connectivity index is 0.000000370. The van der Waals surface area contributed by atoms with Crippen molar-refractivity contribution < 1.29 is 32.6 Å². The van der Waals surface area contributed by atoms with Gasteiger partial charge in [0.1, 0.15) is 6.33 Å². The first kappa shape index (κ1) is 22.1. The fraction of sp³-hybridized carbons (Fsp3) is 0.389. The second kappa shape index (κ2) is 9.80. The first-order chi connectivity index (χ1) is 13.7. The summed E-state index contributed by atoms with van der Waals surface area (Å²) < 4.78 is 37.3. The molecular weight excluding hydrogens is 393 g/mol. The molecule has 8 nitrogen and oxygen atoms in total. The SMILES string of the molecule is CCOc1ncnc2c1CCN(C(=O)c1ccncc1)CC2.O=C(O)C(F)(F)F. The normalized spacial score (nSPS) is 13.4. The molecule has 1 amide bonds. The van der Waals surface area contributed by atoms with Crippen molar-refractivity contribution in [3.8, 4) is 5.88 Å². The van der Waals surface area contributed by atoms with Crippen LogP contribution in [-0.2, 0) is 17.6 Å². The molecule has 0 saturated heterocycles. The summed E-state index contributed by atoms with van der Waals surface area (Å²) in [5.41, 5.74) is 2.66. The first-order valence-electron chi connectivity index (χ1n) is 8.69. The van der Waals surface area contributed by atoms with Crippen LogP contribution in [0.5, 0.6) is 5.88 Å². The molecule has 2 aromatic rings. The van der Waals surface area contributed by atoms with Gasteiger partial charge in [0.25, 0.3) is 5.91 Å². The van der Waals surface area contributed by atoms with Gasteiger partial charge in [-0.05, 0) is 25.5 Å². The molecule has 1 aliphatic rings. The number of fused-ring (bicyclic) bond motifs is 1. The third kappa shape index (κ3) is 6.13. The number of carbonyl (C=O) groups excluding carboxylic acids is 1. The van der Waals surface area contributed by atoms with Crippen LogP contribution < -0.4 is 4.74 Å². The van der Waals surface area contributed by atoms with Crippen LogP contribution in [0, 0.1) is 0 Å². The Morgan fingerprint density at radius 2 is 1.79 bits per heavy atom. The van der Waals surface area contributed by atoms with E-state index in [0.717, 1.165) is 17.7 Å². The Labute approximate surface area is 164 Å². The molecule has 2 aromatic heterocycles. The molecule has 156 valence electrons. The molecule has 1 N–H and O–H groups in total. The van der Waals surface area contributed by atoms with Gasteiger partial charge >= 0.3 is 12.1 Å². The molecule has 0 unspecified atom stereocenters. The number of carboxylic acid groups (broad SMARTS) is 1. The minimum Gasteiger partial charge on any atom is -0.478 e. The van der Waals surface area contributed by atoms with E-state index in [1.165, 1.54) is 6.33 Å². The van der Waals surface area contributed by atoms with Crippen LogP contribution in [0.1, 0.15) is 28.5 Å². The van der Waals surface area contributed by atoms with Gasteiger partial charge in [0.05, 0.1) is 12.3 Å². The van der Waals surface area contributed by atoms with Crippen LogP contribution in [0.15, 0.2) is 30.9 Å². The lowest BCUT2D eigenvalue weighted by atomic mass is 10.1. The minimum atomic E-state index is -5.08. The number of rotatable bonds is 3. The molecule has 3 rings (SSSR count). The molecule has 29 heavy (non-hydrogen) atoms. The summed E-state index contributed by atoms with van der Waals surface area (Å²) in [7, 11) is 0. The van der Waals surface area contributed by atoms with Crippen LogP contribution >= 0.6 is 0 Å². The zero-order chi connectivity index (χ0) is 21.4. The molecule has 0 atom stereocenters. The van der Waals surface area contributed by atoms with Crippen LogP contribution in [0.2, 0.25) is 0 Å². The highest BCUT2D eigenvalue weighted by Gasteiger charge is 2.38. The maximum Gasteiger partial charge on any atom is 0.490 e. The number of carbonyl (C=O) groups is 2. The average molecular weight is 412 g/mol. The lowest BCUT2D eigenvalue weighted by Crippen LogP contribution is -2.33. The van der Waals surface area contributed by atoms with Crippen molar-refractivity contribution in [1.29, 1.82) is 0 Å². The van der Waals surface area contributed by atoms with E-state index in [2.05, 4.69) is 15.0 Å². The lowest BCUT2D eigenvalue weighted by Gasteiger charge is -2.20. The molecule has 0 radical (unpaired) electrons. The van der Waals surface area contributed by atoms with Crippen LogP contribution in [0.3, 0.4) is 0 Å². The topological polar surface area (TPSA) is 106 Å². The van der Waals surface area contributed by atoms with Crippen LogP contribution in [0.4, 0.5) is 13.2 Å². The number of pyridine rings is 1. The largest absolute Gasteiger partial charge is 0.490 e. The molecule has 0 spiro atoms. The predicted octanol–water partition coefficient (Wildman–Crippen LogP) is 2.14. The summed E-state index contributed by atoms with van der Waals surface area (Å²) >= 11 is 0. The van der Waals surface area contributed by atoms with Crippen molar-refractivity contribution in [2.75, 3.05) is 19.7 Å². The van der Waals surface area contributed by atoms with E-state index in [9.17, 15) is 18.0 Å². The Bertz CT molecular complexity index is 847. The maximum absolute atomic E-state index is 12.5. The highest BCUT2D eigenvalue weighted by atomic mass is 19.4. The van der Waals surface area contributed by atoms with Gasteiger partial charge in [0.2, 0.25) is 5.88 Å². The van der Waals surface area contributed by atoms with Gasteiger partial charge in [-0.25, -0.2) is 14.8 Å². The second-order valence-electron chi connectivity index (χ2n) is 5.87. The Morgan fingerprint density at radius 3 is 2.38 bits per heavy atom. The zero-order valence-corrected chi connectivity index (χ0v) is 15.5. The van der Waals surface area contributed by atoms with Gasteiger partial charge < -0.3 is 14.7 Å². The molecule has 0 fully saturated rings. The number of alkyl halides is 3. The summed E-state index contributed by atoms with van der Waals surface area (Å²) in [4.78, 5) is 35.8. The molecule has 0 aliphatic carbocycles. The zero-order valence-electron chi connectivity index (χ0n) is 15.5. The van der Waals surface area contributed by atoms with Gasteiger partial charge in [-0.15, -0.1) is 0 Å². The van der Waals surface area contributed by atoms with Crippen molar-refractivity contribution >= 4 is 11.9 Å². The summed E-state index contributed by atoms with van der Waals surface area (Å²) in [6.45, 7) is 3.80. The predicted molar refractivity (Wildman–Crippen MR) is 94.4 cm³/mol. The van der Waals surface area contributed by atoms with Gasteiger partial charge in [-0.2, -0.15) is 13.2 Å². The van der Waals surface area contributed by atoms with E-state index in [1.54, 1.807) is 24.5 Å². The molecule has 0 aromatic carbocycles. The Hall–Kier alpha value is -3.24.